The Balaban J connectivity index is 2.30. The van der Waals surface area contributed by atoms with Crippen LogP contribution in [0.4, 0.5) is 5.82 Å². The predicted molar refractivity (Wildman–Crippen MR) is 86.3 cm³/mol. The summed E-state index contributed by atoms with van der Waals surface area (Å²) in [6.45, 7) is 16.5. The standard InChI is InChI=1S/C17H29N3/c1-12(2)18-10-15-13(3)9-14(4)19-16(15)20-8-7-17(5,6)11-20/h9,12,18H,7-8,10-11H2,1-6H3. The molecule has 20 heavy (non-hydrogen) atoms. The van der Waals surface area contributed by atoms with Crippen LogP contribution in [0.2, 0.25) is 0 Å². The van der Waals surface area contributed by atoms with Crippen LogP contribution in [-0.2, 0) is 6.54 Å². The molecule has 0 radical (unpaired) electrons. The highest BCUT2D eigenvalue weighted by atomic mass is 15.2. The topological polar surface area (TPSA) is 28.2 Å². The van der Waals surface area contributed by atoms with E-state index in [0.29, 0.717) is 11.5 Å². The molecule has 0 aromatic carbocycles. The number of rotatable bonds is 4. The molecule has 0 spiro atoms. The molecule has 0 bridgehead atoms. The molecule has 1 aromatic rings. The second kappa shape index (κ2) is 5.72. The third kappa shape index (κ3) is 3.51. The highest BCUT2D eigenvalue weighted by Gasteiger charge is 2.31. The van der Waals surface area contributed by atoms with E-state index >= 15 is 0 Å². The number of aromatic nitrogens is 1. The predicted octanol–water partition coefficient (Wildman–Crippen LogP) is 3.43. The first-order valence-corrected chi connectivity index (χ1v) is 7.74. The number of anilines is 1. The molecule has 1 N–H and O–H groups in total. The van der Waals surface area contributed by atoms with Gasteiger partial charge in [0.25, 0.3) is 0 Å². The van der Waals surface area contributed by atoms with Crippen molar-refractivity contribution in [3.8, 4) is 0 Å². The third-order valence-electron chi connectivity index (χ3n) is 4.12. The number of pyridine rings is 1. The van der Waals surface area contributed by atoms with Gasteiger partial charge in [0.1, 0.15) is 5.82 Å². The summed E-state index contributed by atoms with van der Waals surface area (Å²) in [7, 11) is 0. The molecule has 112 valence electrons. The lowest BCUT2D eigenvalue weighted by molar-refractivity contribution is 0.418. The SMILES string of the molecule is Cc1cc(C)c(CNC(C)C)c(N2CCC(C)(C)C2)n1. The maximum atomic E-state index is 4.85. The minimum absolute atomic E-state index is 0.405. The number of nitrogens with one attached hydrogen (secondary N) is 1. The minimum atomic E-state index is 0.405. The molecular weight excluding hydrogens is 246 g/mol. The van der Waals surface area contributed by atoms with E-state index in [2.05, 4.69) is 57.8 Å². The molecule has 0 amide bonds. The summed E-state index contributed by atoms with van der Waals surface area (Å²) in [6, 6.07) is 2.70. The maximum Gasteiger partial charge on any atom is 0.133 e. The van der Waals surface area contributed by atoms with Crippen LogP contribution in [0, 0.1) is 19.3 Å². The molecule has 1 aliphatic heterocycles. The van der Waals surface area contributed by atoms with Crippen LogP contribution >= 0.6 is 0 Å². The number of hydrogen-bond donors (Lipinski definition) is 1. The lowest BCUT2D eigenvalue weighted by Crippen LogP contribution is -2.28. The fourth-order valence-corrected chi connectivity index (χ4v) is 2.92. The van der Waals surface area contributed by atoms with Crippen LogP contribution in [0.3, 0.4) is 0 Å². The summed E-state index contributed by atoms with van der Waals surface area (Å²) in [5.41, 5.74) is 4.24. The van der Waals surface area contributed by atoms with Crippen molar-refractivity contribution in [2.45, 2.75) is 60.5 Å². The Bertz CT molecular complexity index is 477. The van der Waals surface area contributed by atoms with E-state index in [1.165, 1.54) is 23.4 Å². The van der Waals surface area contributed by atoms with Crippen LogP contribution in [0.25, 0.3) is 0 Å². The van der Waals surface area contributed by atoms with Crippen molar-refractivity contribution in [3.63, 3.8) is 0 Å². The monoisotopic (exact) mass is 275 g/mol. The van der Waals surface area contributed by atoms with Crippen molar-refractivity contribution in [2.75, 3.05) is 18.0 Å². The van der Waals surface area contributed by atoms with Gasteiger partial charge in [-0.1, -0.05) is 27.7 Å². The van der Waals surface area contributed by atoms with E-state index in [4.69, 9.17) is 4.98 Å². The number of nitrogens with zero attached hydrogens (tertiary/aromatic N) is 2. The van der Waals surface area contributed by atoms with Gasteiger partial charge in [0.05, 0.1) is 0 Å². The number of hydrogen-bond acceptors (Lipinski definition) is 3. The van der Waals surface area contributed by atoms with Gasteiger partial charge in [0, 0.05) is 36.9 Å². The average molecular weight is 275 g/mol. The highest BCUT2D eigenvalue weighted by Crippen LogP contribution is 2.34. The Morgan fingerprint density at radius 3 is 2.60 bits per heavy atom. The van der Waals surface area contributed by atoms with E-state index in [1.807, 2.05) is 0 Å². The summed E-state index contributed by atoms with van der Waals surface area (Å²) >= 11 is 0. The van der Waals surface area contributed by atoms with Crippen LogP contribution < -0.4 is 10.2 Å². The van der Waals surface area contributed by atoms with E-state index < -0.39 is 0 Å². The summed E-state index contributed by atoms with van der Waals surface area (Å²) in [5, 5.41) is 3.54. The smallest absolute Gasteiger partial charge is 0.133 e. The first-order chi connectivity index (χ1) is 9.28. The zero-order chi connectivity index (χ0) is 14.9. The molecule has 1 fully saturated rings. The lowest BCUT2D eigenvalue weighted by atomic mass is 9.93. The molecule has 0 aliphatic carbocycles. The molecule has 3 nitrogen and oxygen atoms in total. The summed E-state index contributed by atoms with van der Waals surface area (Å²) in [4.78, 5) is 7.31. The molecular formula is C17H29N3. The average Bonchev–Trinajstić information content (AvgIpc) is 2.67. The second-order valence-corrected chi connectivity index (χ2v) is 7.25. The molecule has 0 unspecified atom stereocenters. The van der Waals surface area contributed by atoms with Gasteiger partial charge in [-0.2, -0.15) is 0 Å². The minimum Gasteiger partial charge on any atom is -0.356 e. The Labute approximate surface area is 123 Å². The summed E-state index contributed by atoms with van der Waals surface area (Å²) < 4.78 is 0. The lowest BCUT2D eigenvalue weighted by Gasteiger charge is -2.25. The Morgan fingerprint density at radius 1 is 1.35 bits per heavy atom. The van der Waals surface area contributed by atoms with E-state index in [-0.39, 0.29) is 0 Å². The summed E-state index contributed by atoms with van der Waals surface area (Å²) in [5.74, 6) is 1.20. The van der Waals surface area contributed by atoms with Crippen molar-refractivity contribution in [1.82, 2.24) is 10.3 Å². The molecule has 1 saturated heterocycles. The Hall–Kier alpha value is -1.09. The Morgan fingerprint density at radius 2 is 2.05 bits per heavy atom. The third-order valence-corrected chi connectivity index (χ3v) is 4.12. The number of aryl methyl sites for hydroxylation is 2. The van der Waals surface area contributed by atoms with Gasteiger partial charge in [0.15, 0.2) is 0 Å². The molecule has 0 atom stereocenters. The quantitative estimate of drug-likeness (QED) is 0.912. The van der Waals surface area contributed by atoms with E-state index in [1.54, 1.807) is 0 Å². The van der Waals surface area contributed by atoms with Gasteiger partial charge in [-0.15, -0.1) is 0 Å². The molecule has 3 heteroatoms. The normalized spacial score (nSPS) is 18.1. The van der Waals surface area contributed by atoms with Crippen LogP contribution in [-0.4, -0.2) is 24.1 Å². The van der Waals surface area contributed by atoms with Gasteiger partial charge in [-0.05, 0) is 37.3 Å². The second-order valence-electron chi connectivity index (χ2n) is 7.25. The van der Waals surface area contributed by atoms with Gasteiger partial charge in [0.2, 0.25) is 0 Å². The largest absolute Gasteiger partial charge is 0.356 e. The first-order valence-electron chi connectivity index (χ1n) is 7.74. The van der Waals surface area contributed by atoms with E-state index in [0.717, 1.165) is 25.3 Å². The van der Waals surface area contributed by atoms with Crippen molar-refractivity contribution in [3.05, 3.63) is 22.9 Å². The van der Waals surface area contributed by atoms with Crippen molar-refractivity contribution >= 4 is 5.82 Å². The maximum absolute atomic E-state index is 4.85. The zero-order valence-corrected chi connectivity index (χ0v) is 13.9. The van der Waals surface area contributed by atoms with Crippen molar-refractivity contribution in [2.24, 2.45) is 5.41 Å². The van der Waals surface area contributed by atoms with Gasteiger partial charge in [-0.3, -0.25) is 0 Å². The van der Waals surface area contributed by atoms with Gasteiger partial charge < -0.3 is 10.2 Å². The van der Waals surface area contributed by atoms with E-state index in [9.17, 15) is 0 Å². The van der Waals surface area contributed by atoms with Crippen molar-refractivity contribution in [1.29, 1.82) is 0 Å². The molecule has 2 heterocycles. The Kier molecular flexibility index (Phi) is 4.38. The highest BCUT2D eigenvalue weighted by molar-refractivity contribution is 5.52. The van der Waals surface area contributed by atoms with Crippen LogP contribution in [0.1, 0.15) is 50.9 Å². The first kappa shape index (κ1) is 15.3. The van der Waals surface area contributed by atoms with Crippen molar-refractivity contribution < 1.29 is 0 Å². The van der Waals surface area contributed by atoms with Gasteiger partial charge in [-0.25, -0.2) is 4.98 Å². The molecule has 1 aliphatic rings. The van der Waals surface area contributed by atoms with Crippen LogP contribution in [0.15, 0.2) is 6.07 Å². The fraction of sp³-hybridized carbons (Fsp3) is 0.706. The molecule has 2 rings (SSSR count). The summed E-state index contributed by atoms with van der Waals surface area (Å²) in [6.07, 6.45) is 1.25. The fourth-order valence-electron chi connectivity index (χ4n) is 2.92. The zero-order valence-electron chi connectivity index (χ0n) is 13.9. The van der Waals surface area contributed by atoms with Gasteiger partial charge >= 0.3 is 0 Å². The molecule has 1 aromatic heterocycles. The molecule has 0 saturated carbocycles. The van der Waals surface area contributed by atoms with Crippen LogP contribution in [0.5, 0.6) is 0 Å².